The Balaban J connectivity index is 1.63. The van der Waals surface area contributed by atoms with Gasteiger partial charge in [0.15, 0.2) is 0 Å². The topological polar surface area (TPSA) is 74.8 Å². The van der Waals surface area contributed by atoms with Gasteiger partial charge >= 0.3 is 0 Å². The van der Waals surface area contributed by atoms with Crippen molar-refractivity contribution in [1.82, 2.24) is 15.3 Å². The van der Waals surface area contributed by atoms with Crippen molar-refractivity contribution in [3.63, 3.8) is 0 Å². The fourth-order valence-corrected chi connectivity index (χ4v) is 2.70. The molecule has 1 amide bonds. The van der Waals surface area contributed by atoms with Gasteiger partial charge in [0.1, 0.15) is 11.4 Å². The first-order valence-electron chi connectivity index (χ1n) is 8.63. The first-order chi connectivity index (χ1) is 12.6. The monoisotopic (exact) mass is 347 g/mol. The maximum absolute atomic E-state index is 12.4. The normalized spacial score (nSPS) is 11.7. The lowest BCUT2D eigenvalue weighted by atomic mass is 10.1. The second-order valence-corrected chi connectivity index (χ2v) is 6.24. The van der Waals surface area contributed by atoms with Crippen LogP contribution < -0.4 is 10.9 Å². The van der Waals surface area contributed by atoms with Crippen LogP contribution in [0.25, 0.3) is 11.4 Å². The molecule has 0 fully saturated rings. The number of amides is 1. The Morgan fingerprint density at radius 2 is 1.73 bits per heavy atom. The molecular formula is C21H21N3O2. The zero-order valence-electron chi connectivity index (χ0n) is 14.6. The summed E-state index contributed by atoms with van der Waals surface area (Å²) < 4.78 is 0. The molecule has 0 aliphatic rings. The SMILES string of the molecule is C[C@@H](CCc1ccccc1)NC(=O)c1cnc(-c2ccccc2)[nH]c1=O. The molecule has 0 radical (unpaired) electrons. The van der Waals surface area contributed by atoms with Crippen LogP contribution in [0.2, 0.25) is 0 Å². The third kappa shape index (κ3) is 4.45. The van der Waals surface area contributed by atoms with Gasteiger partial charge in [-0.3, -0.25) is 9.59 Å². The number of aromatic nitrogens is 2. The van der Waals surface area contributed by atoms with Crippen molar-refractivity contribution in [2.24, 2.45) is 0 Å². The highest BCUT2D eigenvalue weighted by atomic mass is 16.2. The van der Waals surface area contributed by atoms with Gasteiger partial charge in [-0.15, -0.1) is 0 Å². The third-order valence-corrected chi connectivity index (χ3v) is 4.18. The highest BCUT2D eigenvalue weighted by Gasteiger charge is 2.15. The van der Waals surface area contributed by atoms with E-state index in [4.69, 9.17) is 0 Å². The minimum atomic E-state index is -0.438. The summed E-state index contributed by atoms with van der Waals surface area (Å²) in [6.45, 7) is 1.93. The molecule has 0 saturated carbocycles. The summed E-state index contributed by atoms with van der Waals surface area (Å²) in [6, 6.07) is 19.4. The number of H-pyrrole nitrogens is 1. The summed E-state index contributed by atoms with van der Waals surface area (Å²) in [5.41, 5.74) is 1.61. The van der Waals surface area contributed by atoms with E-state index < -0.39 is 11.5 Å². The highest BCUT2D eigenvalue weighted by Crippen LogP contribution is 2.11. The maximum Gasteiger partial charge on any atom is 0.264 e. The summed E-state index contributed by atoms with van der Waals surface area (Å²) in [5, 5.41) is 2.87. The number of aromatic amines is 1. The van der Waals surface area contributed by atoms with Crippen LogP contribution in [-0.2, 0) is 6.42 Å². The zero-order valence-corrected chi connectivity index (χ0v) is 14.6. The van der Waals surface area contributed by atoms with Crippen LogP contribution in [0.5, 0.6) is 0 Å². The lowest BCUT2D eigenvalue weighted by molar-refractivity contribution is 0.0936. The van der Waals surface area contributed by atoms with Crippen molar-refractivity contribution in [3.8, 4) is 11.4 Å². The lowest BCUT2D eigenvalue weighted by Crippen LogP contribution is -2.36. The largest absolute Gasteiger partial charge is 0.349 e. The van der Waals surface area contributed by atoms with E-state index in [9.17, 15) is 9.59 Å². The molecular weight excluding hydrogens is 326 g/mol. The van der Waals surface area contributed by atoms with Crippen LogP contribution >= 0.6 is 0 Å². The molecule has 3 aromatic rings. The number of aryl methyl sites for hydroxylation is 1. The maximum atomic E-state index is 12.4. The van der Waals surface area contributed by atoms with Gasteiger partial charge in [0, 0.05) is 17.8 Å². The van der Waals surface area contributed by atoms with Crippen molar-refractivity contribution < 1.29 is 4.79 Å². The second-order valence-electron chi connectivity index (χ2n) is 6.24. The Morgan fingerprint density at radius 3 is 2.38 bits per heavy atom. The number of hydrogen-bond donors (Lipinski definition) is 2. The van der Waals surface area contributed by atoms with E-state index in [1.165, 1.54) is 11.8 Å². The Morgan fingerprint density at radius 1 is 1.08 bits per heavy atom. The number of carbonyl (C=O) groups is 1. The molecule has 26 heavy (non-hydrogen) atoms. The van der Waals surface area contributed by atoms with Crippen LogP contribution in [0, 0.1) is 0 Å². The predicted molar refractivity (Wildman–Crippen MR) is 102 cm³/mol. The summed E-state index contributed by atoms with van der Waals surface area (Å²) in [6.07, 6.45) is 2.99. The quantitative estimate of drug-likeness (QED) is 0.719. The fraction of sp³-hybridized carbons (Fsp3) is 0.190. The molecule has 5 nitrogen and oxygen atoms in total. The number of hydrogen-bond acceptors (Lipinski definition) is 3. The average Bonchev–Trinajstić information content (AvgIpc) is 2.67. The van der Waals surface area contributed by atoms with Gasteiger partial charge in [0.05, 0.1) is 0 Å². The van der Waals surface area contributed by atoms with Crippen molar-refractivity contribution in [2.45, 2.75) is 25.8 Å². The molecule has 0 unspecified atom stereocenters. The van der Waals surface area contributed by atoms with Gasteiger partial charge in [-0.25, -0.2) is 4.98 Å². The van der Waals surface area contributed by atoms with E-state index in [1.54, 1.807) is 0 Å². The van der Waals surface area contributed by atoms with E-state index in [2.05, 4.69) is 27.4 Å². The van der Waals surface area contributed by atoms with E-state index in [0.29, 0.717) is 5.82 Å². The minimum Gasteiger partial charge on any atom is -0.349 e. The van der Waals surface area contributed by atoms with Crippen LogP contribution in [0.3, 0.4) is 0 Å². The summed E-state index contributed by atoms with van der Waals surface area (Å²) in [7, 11) is 0. The molecule has 1 atom stereocenters. The molecule has 0 bridgehead atoms. The first-order valence-corrected chi connectivity index (χ1v) is 8.63. The van der Waals surface area contributed by atoms with Crippen LogP contribution in [-0.4, -0.2) is 21.9 Å². The van der Waals surface area contributed by atoms with Crippen LogP contribution in [0.15, 0.2) is 71.7 Å². The van der Waals surface area contributed by atoms with Crippen molar-refractivity contribution in [1.29, 1.82) is 0 Å². The van der Waals surface area contributed by atoms with Gasteiger partial charge in [-0.2, -0.15) is 0 Å². The van der Waals surface area contributed by atoms with Crippen molar-refractivity contribution >= 4 is 5.91 Å². The van der Waals surface area contributed by atoms with Crippen LogP contribution in [0.1, 0.15) is 29.3 Å². The molecule has 0 aliphatic heterocycles. The predicted octanol–water partition coefficient (Wildman–Crippen LogP) is 3.19. The second kappa shape index (κ2) is 8.25. The highest BCUT2D eigenvalue weighted by molar-refractivity contribution is 5.93. The molecule has 2 N–H and O–H groups in total. The summed E-state index contributed by atoms with van der Waals surface area (Å²) >= 11 is 0. The Labute approximate surface area is 152 Å². The smallest absolute Gasteiger partial charge is 0.264 e. The summed E-state index contributed by atoms with van der Waals surface area (Å²) in [4.78, 5) is 31.5. The van der Waals surface area contributed by atoms with Crippen molar-refractivity contribution in [3.05, 3.63) is 88.3 Å². The van der Waals surface area contributed by atoms with E-state index >= 15 is 0 Å². The Bertz CT molecular complexity index is 921. The van der Waals surface area contributed by atoms with Gasteiger partial charge in [-0.05, 0) is 25.3 Å². The van der Waals surface area contributed by atoms with Gasteiger partial charge in [0.2, 0.25) is 0 Å². The number of benzene rings is 2. The van der Waals surface area contributed by atoms with E-state index in [0.717, 1.165) is 18.4 Å². The number of rotatable bonds is 6. The summed E-state index contributed by atoms with van der Waals surface area (Å²) in [5.74, 6) is 0.0446. The average molecular weight is 347 g/mol. The zero-order chi connectivity index (χ0) is 18.4. The molecule has 0 saturated heterocycles. The number of carbonyl (C=O) groups excluding carboxylic acids is 1. The third-order valence-electron chi connectivity index (χ3n) is 4.18. The number of nitrogens with zero attached hydrogens (tertiary/aromatic N) is 1. The first kappa shape index (κ1) is 17.6. The standard InChI is InChI=1S/C21H21N3O2/c1-15(12-13-16-8-4-2-5-9-16)23-20(25)18-14-22-19(24-21(18)26)17-10-6-3-7-11-17/h2-11,14-15H,12-13H2,1H3,(H,23,25)(H,22,24,26)/t15-/m0/s1. The number of nitrogens with one attached hydrogen (secondary N) is 2. The van der Waals surface area contributed by atoms with Crippen molar-refractivity contribution in [2.75, 3.05) is 0 Å². The van der Waals surface area contributed by atoms with Crippen LogP contribution in [0.4, 0.5) is 0 Å². The lowest BCUT2D eigenvalue weighted by Gasteiger charge is -2.13. The van der Waals surface area contributed by atoms with E-state index in [-0.39, 0.29) is 11.6 Å². The fourth-order valence-electron chi connectivity index (χ4n) is 2.70. The Kier molecular flexibility index (Phi) is 5.59. The molecule has 0 spiro atoms. The molecule has 3 rings (SSSR count). The molecule has 1 aromatic heterocycles. The molecule has 0 aliphatic carbocycles. The van der Waals surface area contributed by atoms with Gasteiger partial charge < -0.3 is 10.3 Å². The molecule has 132 valence electrons. The Hall–Kier alpha value is -3.21. The van der Waals surface area contributed by atoms with E-state index in [1.807, 2.05) is 55.5 Å². The molecule has 5 heteroatoms. The van der Waals surface area contributed by atoms with Gasteiger partial charge in [0.25, 0.3) is 11.5 Å². The minimum absolute atomic E-state index is 0.0243. The molecule has 2 aromatic carbocycles. The molecule has 1 heterocycles. The van der Waals surface area contributed by atoms with Gasteiger partial charge in [-0.1, -0.05) is 60.7 Å².